The lowest BCUT2D eigenvalue weighted by molar-refractivity contribution is -0.103. The molecule has 0 bridgehead atoms. The van der Waals surface area contributed by atoms with Gasteiger partial charge in [-0.2, -0.15) is 0 Å². The summed E-state index contributed by atoms with van der Waals surface area (Å²) < 4.78 is 44.4. The molecule has 1 aliphatic rings. The van der Waals surface area contributed by atoms with E-state index < -0.39 is 23.8 Å². The molecule has 21 heavy (non-hydrogen) atoms. The number of hydrogen-bond donors (Lipinski definition) is 1. The zero-order chi connectivity index (χ0) is 15.2. The number of benzene rings is 1. The van der Waals surface area contributed by atoms with Gasteiger partial charge in [0.25, 0.3) is 0 Å². The van der Waals surface area contributed by atoms with Crippen LogP contribution < -0.4 is 10.1 Å². The maximum atomic E-state index is 14.3. The Morgan fingerprint density at radius 1 is 1.33 bits per heavy atom. The van der Waals surface area contributed by atoms with Crippen LogP contribution in [0.4, 0.5) is 8.78 Å². The average molecular weight is 301 g/mol. The topological polar surface area (TPSA) is 39.7 Å². The minimum atomic E-state index is -0.644. The van der Waals surface area contributed by atoms with E-state index in [1.165, 1.54) is 19.2 Å². The molecule has 2 unspecified atom stereocenters. The van der Waals surface area contributed by atoms with E-state index in [2.05, 4.69) is 5.32 Å². The van der Waals surface area contributed by atoms with Gasteiger partial charge in [-0.15, -0.1) is 0 Å². The van der Waals surface area contributed by atoms with E-state index >= 15 is 0 Å². The molecule has 2 rings (SSSR count). The fourth-order valence-electron chi connectivity index (χ4n) is 2.39. The monoisotopic (exact) mass is 301 g/mol. The van der Waals surface area contributed by atoms with E-state index in [1.54, 1.807) is 0 Å². The van der Waals surface area contributed by atoms with E-state index in [9.17, 15) is 8.78 Å². The highest BCUT2D eigenvalue weighted by Gasteiger charge is 2.31. The normalized spacial score (nSPS) is 20.3. The van der Waals surface area contributed by atoms with Crippen LogP contribution in [-0.4, -0.2) is 39.6 Å². The number of halogens is 2. The number of rotatable bonds is 6. The molecule has 1 saturated heterocycles. The molecule has 0 radical (unpaired) electrons. The lowest BCUT2D eigenvalue weighted by atomic mass is 9.99. The van der Waals surface area contributed by atoms with Crippen LogP contribution in [0.3, 0.4) is 0 Å². The van der Waals surface area contributed by atoms with Crippen LogP contribution in [0.15, 0.2) is 12.1 Å². The second-order valence-electron chi connectivity index (χ2n) is 4.92. The second-order valence-corrected chi connectivity index (χ2v) is 4.92. The van der Waals surface area contributed by atoms with Gasteiger partial charge >= 0.3 is 0 Å². The fraction of sp³-hybridized carbons (Fsp3) is 0.600. The van der Waals surface area contributed by atoms with Crippen molar-refractivity contribution in [1.82, 2.24) is 5.32 Å². The van der Waals surface area contributed by atoms with Crippen molar-refractivity contribution in [2.75, 3.05) is 33.5 Å². The van der Waals surface area contributed by atoms with Gasteiger partial charge in [0, 0.05) is 17.7 Å². The predicted molar refractivity (Wildman–Crippen MR) is 74.5 cm³/mol. The van der Waals surface area contributed by atoms with Crippen molar-refractivity contribution in [1.29, 1.82) is 0 Å². The highest BCUT2D eigenvalue weighted by molar-refractivity contribution is 5.33. The quantitative estimate of drug-likeness (QED) is 0.876. The molecule has 1 aromatic carbocycles. The number of ether oxygens (including phenoxy) is 3. The Bertz CT molecular complexity index is 441. The van der Waals surface area contributed by atoms with Crippen molar-refractivity contribution in [3.05, 3.63) is 29.3 Å². The molecule has 1 heterocycles. The summed E-state index contributed by atoms with van der Waals surface area (Å²) in [5.74, 6) is -1.13. The Morgan fingerprint density at radius 2 is 2.05 bits per heavy atom. The number of methoxy groups -OCH3 is 1. The van der Waals surface area contributed by atoms with E-state index in [-0.39, 0.29) is 11.3 Å². The lowest BCUT2D eigenvalue weighted by Crippen LogP contribution is -2.41. The van der Waals surface area contributed by atoms with Crippen molar-refractivity contribution in [3.63, 3.8) is 0 Å². The molecule has 1 fully saturated rings. The van der Waals surface area contributed by atoms with Crippen molar-refractivity contribution in [2.45, 2.75) is 25.5 Å². The van der Waals surface area contributed by atoms with Crippen molar-refractivity contribution in [3.8, 4) is 5.75 Å². The molecule has 4 nitrogen and oxygen atoms in total. The molecule has 118 valence electrons. The smallest absolute Gasteiger partial charge is 0.134 e. The zero-order valence-electron chi connectivity index (χ0n) is 12.3. The Labute approximate surface area is 123 Å². The van der Waals surface area contributed by atoms with Crippen molar-refractivity contribution < 1.29 is 23.0 Å². The summed E-state index contributed by atoms with van der Waals surface area (Å²) in [6.07, 6.45) is 0.436. The van der Waals surface area contributed by atoms with Gasteiger partial charge in [-0.1, -0.05) is 6.92 Å². The van der Waals surface area contributed by atoms with E-state index in [4.69, 9.17) is 14.2 Å². The van der Waals surface area contributed by atoms with Gasteiger partial charge in [0.2, 0.25) is 0 Å². The Balaban J connectivity index is 2.30. The van der Waals surface area contributed by atoms with Crippen LogP contribution in [0.5, 0.6) is 5.75 Å². The first-order chi connectivity index (χ1) is 10.2. The summed E-state index contributed by atoms with van der Waals surface area (Å²) in [4.78, 5) is 0. The summed E-state index contributed by atoms with van der Waals surface area (Å²) in [6, 6.07) is 1.78. The van der Waals surface area contributed by atoms with Crippen LogP contribution in [0.2, 0.25) is 0 Å². The first kappa shape index (κ1) is 16.1. The molecule has 0 saturated carbocycles. The van der Waals surface area contributed by atoms with Crippen LogP contribution in [0.1, 0.15) is 24.9 Å². The molecular formula is C15H21F2NO3. The third-order valence-corrected chi connectivity index (χ3v) is 3.43. The Kier molecular flexibility index (Phi) is 5.90. The average Bonchev–Trinajstić information content (AvgIpc) is 2.50. The standard InChI is InChI=1S/C15H21F2NO3/c1-3-4-18-15(13-9-20-5-6-21-13)14-11(16)7-10(19-2)8-12(14)17/h7-8,13,15,18H,3-6,9H2,1-2H3. The van der Waals surface area contributed by atoms with Gasteiger partial charge < -0.3 is 19.5 Å². The number of nitrogens with one attached hydrogen (secondary N) is 1. The van der Waals surface area contributed by atoms with E-state index in [1.807, 2.05) is 6.92 Å². The summed E-state index contributed by atoms with van der Waals surface area (Å²) >= 11 is 0. The molecule has 1 N–H and O–H groups in total. The molecule has 0 spiro atoms. The van der Waals surface area contributed by atoms with Gasteiger partial charge in [0.1, 0.15) is 23.5 Å². The van der Waals surface area contributed by atoms with Crippen LogP contribution >= 0.6 is 0 Å². The highest BCUT2D eigenvalue weighted by Crippen LogP contribution is 2.29. The largest absolute Gasteiger partial charge is 0.497 e. The van der Waals surface area contributed by atoms with Crippen LogP contribution in [-0.2, 0) is 9.47 Å². The molecule has 0 aliphatic carbocycles. The van der Waals surface area contributed by atoms with Crippen molar-refractivity contribution >= 4 is 0 Å². The SMILES string of the molecule is CCCNC(c1c(F)cc(OC)cc1F)C1COCCO1. The van der Waals surface area contributed by atoms with Gasteiger partial charge in [0.05, 0.1) is 33.0 Å². The first-order valence-corrected chi connectivity index (χ1v) is 7.13. The fourth-order valence-corrected chi connectivity index (χ4v) is 2.39. The maximum absolute atomic E-state index is 14.3. The summed E-state index contributed by atoms with van der Waals surface area (Å²) in [7, 11) is 1.37. The minimum absolute atomic E-state index is 0.0280. The molecule has 6 heteroatoms. The Hall–Kier alpha value is -1.24. The zero-order valence-corrected chi connectivity index (χ0v) is 12.3. The van der Waals surface area contributed by atoms with Crippen molar-refractivity contribution in [2.24, 2.45) is 0 Å². The van der Waals surface area contributed by atoms with Crippen LogP contribution in [0.25, 0.3) is 0 Å². The highest BCUT2D eigenvalue weighted by atomic mass is 19.1. The second kappa shape index (κ2) is 7.68. The maximum Gasteiger partial charge on any atom is 0.134 e. The van der Waals surface area contributed by atoms with E-state index in [0.717, 1.165) is 6.42 Å². The van der Waals surface area contributed by atoms with Gasteiger partial charge in [-0.3, -0.25) is 0 Å². The molecule has 1 aromatic rings. The van der Waals surface area contributed by atoms with Gasteiger partial charge in [-0.25, -0.2) is 8.78 Å². The molecular weight excluding hydrogens is 280 g/mol. The molecule has 2 atom stereocenters. The summed E-state index contributed by atoms with van der Waals surface area (Å²) in [5, 5.41) is 3.15. The molecule has 1 aliphatic heterocycles. The third-order valence-electron chi connectivity index (χ3n) is 3.43. The molecule has 0 amide bonds. The predicted octanol–water partition coefficient (Wildman–Crippen LogP) is 2.43. The van der Waals surface area contributed by atoms with Gasteiger partial charge in [0.15, 0.2) is 0 Å². The van der Waals surface area contributed by atoms with Crippen LogP contribution in [0, 0.1) is 11.6 Å². The third kappa shape index (κ3) is 3.90. The molecule has 0 aromatic heterocycles. The summed E-state index contributed by atoms with van der Waals surface area (Å²) in [6.45, 7) is 3.86. The Morgan fingerprint density at radius 3 is 2.57 bits per heavy atom. The minimum Gasteiger partial charge on any atom is -0.497 e. The lowest BCUT2D eigenvalue weighted by Gasteiger charge is -2.32. The summed E-state index contributed by atoms with van der Waals surface area (Å²) in [5.41, 5.74) is -0.0280. The van der Waals surface area contributed by atoms with Gasteiger partial charge in [-0.05, 0) is 13.0 Å². The first-order valence-electron chi connectivity index (χ1n) is 7.13. The number of hydrogen-bond acceptors (Lipinski definition) is 4. The van der Waals surface area contributed by atoms with E-state index in [0.29, 0.717) is 26.4 Å².